The van der Waals surface area contributed by atoms with Gasteiger partial charge in [-0.15, -0.1) is 6.42 Å². The monoisotopic (exact) mass is 536 g/mol. The number of rotatable bonds is 5. The van der Waals surface area contributed by atoms with Gasteiger partial charge in [-0.05, 0) is 58.5 Å². The van der Waals surface area contributed by atoms with E-state index in [4.69, 9.17) is 27.5 Å². The fourth-order valence-electron chi connectivity index (χ4n) is 2.75. The van der Waals surface area contributed by atoms with E-state index in [2.05, 4.69) is 11.2 Å². The lowest BCUT2D eigenvalue weighted by Crippen LogP contribution is -2.54. The van der Waals surface area contributed by atoms with E-state index in [9.17, 15) is 14.4 Å². The average molecular weight is 537 g/mol. The predicted octanol–water partition coefficient (Wildman–Crippen LogP) is 3.63. The summed E-state index contributed by atoms with van der Waals surface area (Å²) in [6.07, 6.45) is 6.60. The Hall–Kier alpha value is -3.03. The zero-order valence-corrected chi connectivity index (χ0v) is 18.5. The summed E-state index contributed by atoms with van der Waals surface area (Å²) in [4.78, 5) is 38.5. The molecule has 1 aliphatic heterocycles. The minimum absolute atomic E-state index is 0.0581. The van der Waals surface area contributed by atoms with Crippen molar-refractivity contribution in [3.63, 3.8) is 0 Å². The number of hydrogen-bond acceptors (Lipinski definition) is 5. The molecule has 0 aromatic heterocycles. The normalized spacial score (nSPS) is 15.1. The Morgan fingerprint density at radius 3 is 2.67 bits per heavy atom. The quantitative estimate of drug-likeness (QED) is 0.273. The van der Waals surface area contributed by atoms with Crippen LogP contribution in [0.15, 0.2) is 42.0 Å². The van der Waals surface area contributed by atoms with Gasteiger partial charge in [-0.2, -0.15) is 0 Å². The topological polar surface area (TPSA) is 84.9 Å². The molecular formula is C21H14ClIN2O5. The van der Waals surface area contributed by atoms with Gasteiger partial charge in [0.2, 0.25) is 0 Å². The number of carbonyl (C=O) groups excluding carboxylic acids is 3. The van der Waals surface area contributed by atoms with Crippen LogP contribution in [0.5, 0.6) is 11.5 Å². The predicted molar refractivity (Wildman–Crippen MR) is 120 cm³/mol. The van der Waals surface area contributed by atoms with Crippen molar-refractivity contribution in [3.05, 3.63) is 56.1 Å². The van der Waals surface area contributed by atoms with E-state index >= 15 is 0 Å². The fourth-order valence-corrected chi connectivity index (χ4v) is 3.75. The third-order valence-electron chi connectivity index (χ3n) is 4.06. The van der Waals surface area contributed by atoms with Crippen molar-refractivity contribution in [1.29, 1.82) is 0 Å². The van der Waals surface area contributed by atoms with Crippen molar-refractivity contribution >= 4 is 63.8 Å². The lowest BCUT2D eigenvalue weighted by molar-refractivity contribution is -0.122. The van der Waals surface area contributed by atoms with E-state index in [1.165, 1.54) is 19.3 Å². The van der Waals surface area contributed by atoms with Gasteiger partial charge < -0.3 is 9.47 Å². The molecule has 1 aliphatic rings. The lowest BCUT2D eigenvalue weighted by atomic mass is 10.1. The second-order valence-electron chi connectivity index (χ2n) is 5.94. The summed E-state index contributed by atoms with van der Waals surface area (Å²) in [6.45, 7) is 0.0581. The Balaban J connectivity index is 2.04. The molecule has 7 nitrogen and oxygen atoms in total. The molecule has 0 saturated carbocycles. The number of terminal acetylenes is 1. The van der Waals surface area contributed by atoms with E-state index in [0.29, 0.717) is 20.6 Å². The molecule has 4 amide bonds. The first-order valence-electron chi connectivity index (χ1n) is 8.47. The van der Waals surface area contributed by atoms with Crippen molar-refractivity contribution in [1.82, 2.24) is 5.32 Å². The van der Waals surface area contributed by atoms with E-state index < -0.39 is 17.8 Å². The molecule has 2 aromatic rings. The van der Waals surface area contributed by atoms with E-state index in [1.807, 2.05) is 22.6 Å². The van der Waals surface area contributed by atoms with Crippen LogP contribution in [0, 0.1) is 15.9 Å². The number of methoxy groups -OCH3 is 1. The van der Waals surface area contributed by atoms with Gasteiger partial charge in [0.1, 0.15) is 12.2 Å². The van der Waals surface area contributed by atoms with Crippen molar-refractivity contribution in [2.75, 3.05) is 18.6 Å². The van der Waals surface area contributed by atoms with Crippen LogP contribution in [0.4, 0.5) is 10.5 Å². The number of amides is 4. The minimum Gasteiger partial charge on any atom is -0.493 e. The number of nitrogens with zero attached hydrogens (tertiary/aromatic N) is 1. The summed E-state index contributed by atoms with van der Waals surface area (Å²) in [5.41, 5.74) is 0.436. The summed E-state index contributed by atoms with van der Waals surface area (Å²) in [5, 5.41) is 2.35. The van der Waals surface area contributed by atoms with Gasteiger partial charge in [0.15, 0.2) is 11.5 Å². The standard InChI is InChI=1S/C21H14ClIN2O5/c1-3-8-30-18-15(23)10-12(11-17(18)29-2)9-13-19(26)24-21(28)25(20(13)27)16-7-5-4-6-14(16)22/h1,4-7,9-11H,8H2,2H3,(H,24,26,28)/b13-9+. The van der Waals surface area contributed by atoms with Crippen LogP contribution < -0.4 is 19.7 Å². The summed E-state index contributed by atoms with van der Waals surface area (Å²) in [6, 6.07) is 8.76. The lowest BCUT2D eigenvalue weighted by Gasteiger charge is -2.27. The highest BCUT2D eigenvalue weighted by molar-refractivity contribution is 14.1. The Morgan fingerprint density at radius 2 is 2.00 bits per heavy atom. The van der Waals surface area contributed by atoms with E-state index in [1.54, 1.807) is 30.3 Å². The molecule has 3 rings (SSSR count). The number of para-hydroxylation sites is 1. The highest BCUT2D eigenvalue weighted by Gasteiger charge is 2.37. The van der Waals surface area contributed by atoms with Crippen LogP contribution in [0.25, 0.3) is 6.08 Å². The van der Waals surface area contributed by atoms with Gasteiger partial charge in [-0.3, -0.25) is 14.9 Å². The molecule has 0 spiro atoms. The number of barbiturate groups is 1. The number of hydrogen-bond donors (Lipinski definition) is 1. The SMILES string of the molecule is C#CCOc1c(I)cc(/C=C2\C(=O)NC(=O)N(c3ccccc3Cl)C2=O)cc1OC. The van der Waals surface area contributed by atoms with E-state index in [-0.39, 0.29) is 22.9 Å². The number of ether oxygens (including phenoxy) is 2. The summed E-state index contributed by atoms with van der Waals surface area (Å²) in [5.74, 6) is 1.60. The second-order valence-corrected chi connectivity index (χ2v) is 7.51. The minimum atomic E-state index is -0.875. The Bertz CT molecular complexity index is 1120. The first-order chi connectivity index (χ1) is 14.4. The smallest absolute Gasteiger partial charge is 0.335 e. The molecule has 30 heavy (non-hydrogen) atoms. The van der Waals surface area contributed by atoms with Crippen molar-refractivity contribution in [3.8, 4) is 23.8 Å². The van der Waals surface area contributed by atoms with Gasteiger partial charge in [0.05, 0.1) is 21.4 Å². The van der Waals surface area contributed by atoms with Gasteiger partial charge in [-0.25, -0.2) is 9.69 Å². The number of imide groups is 2. The molecule has 0 unspecified atom stereocenters. The van der Waals surface area contributed by atoms with Crippen molar-refractivity contribution in [2.24, 2.45) is 0 Å². The highest BCUT2D eigenvalue weighted by atomic mass is 127. The molecule has 2 aromatic carbocycles. The highest BCUT2D eigenvalue weighted by Crippen LogP contribution is 2.35. The van der Waals surface area contributed by atoms with Crippen molar-refractivity contribution < 1.29 is 23.9 Å². The molecule has 0 radical (unpaired) electrons. The van der Waals surface area contributed by atoms with Gasteiger partial charge in [-0.1, -0.05) is 29.7 Å². The number of carbonyl (C=O) groups is 3. The van der Waals surface area contributed by atoms with Gasteiger partial charge >= 0.3 is 6.03 Å². The average Bonchev–Trinajstić information content (AvgIpc) is 2.71. The maximum Gasteiger partial charge on any atom is 0.335 e. The number of anilines is 1. The van der Waals surface area contributed by atoms with Crippen LogP contribution in [0.2, 0.25) is 5.02 Å². The zero-order valence-electron chi connectivity index (χ0n) is 15.6. The largest absolute Gasteiger partial charge is 0.493 e. The number of nitrogens with one attached hydrogen (secondary N) is 1. The number of urea groups is 1. The first kappa shape index (κ1) is 21.7. The Kier molecular flexibility index (Phi) is 6.64. The third kappa shape index (κ3) is 4.27. The summed E-state index contributed by atoms with van der Waals surface area (Å²) < 4.78 is 11.5. The number of halogens is 2. The fraction of sp³-hybridized carbons (Fsp3) is 0.0952. The zero-order chi connectivity index (χ0) is 21.8. The number of benzene rings is 2. The molecule has 1 saturated heterocycles. The van der Waals surface area contributed by atoms with Gasteiger partial charge in [0.25, 0.3) is 11.8 Å². The molecule has 1 heterocycles. The molecule has 1 N–H and O–H groups in total. The van der Waals surface area contributed by atoms with Crippen LogP contribution in [-0.2, 0) is 9.59 Å². The Morgan fingerprint density at radius 1 is 1.27 bits per heavy atom. The molecule has 152 valence electrons. The third-order valence-corrected chi connectivity index (χ3v) is 5.18. The van der Waals surface area contributed by atoms with Crippen LogP contribution in [-0.4, -0.2) is 31.6 Å². The van der Waals surface area contributed by atoms with Crippen molar-refractivity contribution in [2.45, 2.75) is 0 Å². The van der Waals surface area contributed by atoms with Crippen LogP contribution in [0.1, 0.15) is 5.56 Å². The molecule has 0 atom stereocenters. The Labute approximate surface area is 191 Å². The molecule has 9 heteroatoms. The van der Waals surface area contributed by atoms with E-state index in [0.717, 1.165) is 4.90 Å². The maximum absolute atomic E-state index is 13.0. The summed E-state index contributed by atoms with van der Waals surface area (Å²) in [7, 11) is 1.46. The molecule has 1 fully saturated rings. The maximum atomic E-state index is 13.0. The van der Waals surface area contributed by atoms with Crippen LogP contribution in [0.3, 0.4) is 0 Å². The molecule has 0 bridgehead atoms. The van der Waals surface area contributed by atoms with Crippen LogP contribution >= 0.6 is 34.2 Å². The summed E-state index contributed by atoms with van der Waals surface area (Å²) >= 11 is 8.16. The first-order valence-corrected chi connectivity index (χ1v) is 9.92. The van der Waals surface area contributed by atoms with Gasteiger partial charge in [0, 0.05) is 0 Å². The molecule has 0 aliphatic carbocycles. The molecular weight excluding hydrogens is 523 g/mol. The second kappa shape index (κ2) is 9.19.